The molecule has 0 saturated heterocycles. The van der Waals surface area contributed by atoms with E-state index in [2.05, 4.69) is 10.6 Å². The molecule has 2 heterocycles. The summed E-state index contributed by atoms with van der Waals surface area (Å²) in [5.41, 5.74) is 1.24. The van der Waals surface area contributed by atoms with Crippen molar-refractivity contribution in [1.82, 2.24) is 14.9 Å². The molecule has 3 aromatic rings. The summed E-state index contributed by atoms with van der Waals surface area (Å²) in [6.45, 7) is 0.537. The highest BCUT2D eigenvalue weighted by molar-refractivity contribution is 7.89. The molecule has 2 aliphatic heterocycles. The third-order valence-corrected chi connectivity index (χ3v) is 8.06. The first-order chi connectivity index (χ1) is 16.2. The maximum Gasteiger partial charge on any atom is 0.416 e. The monoisotopic (exact) mass is 485 g/mol. The van der Waals surface area contributed by atoms with Crippen LogP contribution >= 0.6 is 0 Å². The molecule has 5 rings (SSSR count). The van der Waals surface area contributed by atoms with Crippen molar-refractivity contribution < 1.29 is 21.6 Å². The van der Waals surface area contributed by atoms with Gasteiger partial charge in [0, 0.05) is 24.7 Å². The van der Waals surface area contributed by atoms with Crippen LogP contribution < -0.4 is 10.6 Å². The molecule has 1 unspecified atom stereocenters. The molecule has 9 heteroatoms. The van der Waals surface area contributed by atoms with Crippen molar-refractivity contribution in [1.29, 1.82) is 0 Å². The zero-order valence-electron chi connectivity index (χ0n) is 18.0. The average Bonchev–Trinajstić information content (AvgIpc) is 3.34. The normalized spacial score (nSPS) is 19.3. The van der Waals surface area contributed by atoms with Gasteiger partial charge < -0.3 is 10.6 Å². The summed E-state index contributed by atoms with van der Waals surface area (Å²) in [7, 11) is -3.68. The first-order valence-corrected chi connectivity index (χ1v) is 12.2. The van der Waals surface area contributed by atoms with Crippen molar-refractivity contribution in [3.05, 3.63) is 95.7 Å². The van der Waals surface area contributed by atoms with Crippen LogP contribution in [0, 0.1) is 0 Å². The summed E-state index contributed by atoms with van der Waals surface area (Å²) in [6.07, 6.45) is -0.697. The van der Waals surface area contributed by atoms with Gasteiger partial charge >= 0.3 is 6.18 Å². The molecule has 3 aromatic carbocycles. The van der Waals surface area contributed by atoms with Gasteiger partial charge in [-0.15, -0.1) is 0 Å². The molecule has 5 nitrogen and oxygen atoms in total. The maximum atomic E-state index is 13.3. The third-order valence-electron chi connectivity index (χ3n) is 6.14. The quantitative estimate of drug-likeness (QED) is 0.526. The van der Waals surface area contributed by atoms with Crippen LogP contribution in [0.15, 0.2) is 89.5 Å². The number of benzene rings is 3. The van der Waals surface area contributed by atoms with Crippen LogP contribution in [0.4, 0.5) is 13.2 Å². The lowest BCUT2D eigenvalue weighted by molar-refractivity contribution is -0.137. The molecule has 0 saturated carbocycles. The second-order valence-electron chi connectivity index (χ2n) is 8.25. The molecule has 0 bridgehead atoms. The van der Waals surface area contributed by atoms with E-state index in [0.29, 0.717) is 29.6 Å². The Hall–Kier alpha value is -3.30. The second-order valence-corrected chi connectivity index (χ2v) is 10.2. The SMILES string of the molecule is O=S(=O)(c1cccc2ccccc12)N1CC=C(C2NC=C(c3cccc(C(F)(F)F)c3)N2)CC1. The van der Waals surface area contributed by atoms with Gasteiger partial charge in [-0.3, -0.25) is 0 Å². The van der Waals surface area contributed by atoms with E-state index in [1.807, 2.05) is 30.3 Å². The summed E-state index contributed by atoms with van der Waals surface area (Å²) in [6, 6.07) is 17.8. The third kappa shape index (κ3) is 4.17. The standard InChI is InChI=1S/C25H22F3N3O2S/c26-25(27,28)20-8-3-7-19(15-20)22-16-29-24(30-22)18-11-13-31(14-12-18)34(32,33)23-10-4-6-17-5-1-2-9-21(17)23/h1-11,15-16,24,29-30H,12-14H2. The van der Waals surface area contributed by atoms with Gasteiger partial charge in [-0.1, -0.05) is 54.6 Å². The number of hydrogen-bond acceptors (Lipinski definition) is 4. The number of sulfonamides is 1. The van der Waals surface area contributed by atoms with Gasteiger partial charge in [0.2, 0.25) is 10.0 Å². The fraction of sp³-hybridized carbons (Fsp3) is 0.200. The Balaban J connectivity index is 1.30. The van der Waals surface area contributed by atoms with Crippen LogP contribution in [0.2, 0.25) is 0 Å². The zero-order valence-corrected chi connectivity index (χ0v) is 18.8. The van der Waals surface area contributed by atoms with Gasteiger partial charge in [-0.05, 0) is 41.1 Å². The molecule has 176 valence electrons. The number of alkyl halides is 3. The predicted octanol–water partition coefficient (Wildman–Crippen LogP) is 4.70. The van der Waals surface area contributed by atoms with Crippen LogP contribution in [0.3, 0.4) is 0 Å². The fourth-order valence-electron chi connectivity index (χ4n) is 4.34. The lowest BCUT2D eigenvalue weighted by Crippen LogP contribution is -2.41. The van der Waals surface area contributed by atoms with Crippen molar-refractivity contribution in [2.75, 3.05) is 13.1 Å². The maximum absolute atomic E-state index is 13.3. The van der Waals surface area contributed by atoms with Crippen molar-refractivity contribution in [2.24, 2.45) is 0 Å². The summed E-state index contributed by atoms with van der Waals surface area (Å²) < 4.78 is 67.3. The number of fused-ring (bicyclic) bond motifs is 1. The van der Waals surface area contributed by atoms with Gasteiger partial charge in [-0.2, -0.15) is 17.5 Å². The highest BCUT2D eigenvalue weighted by atomic mass is 32.2. The van der Waals surface area contributed by atoms with Crippen LogP contribution in [-0.4, -0.2) is 32.0 Å². The van der Waals surface area contributed by atoms with E-state index in [-0.39, 0.29) is 17.6 Å². The van der Waals surface area contributed by atoms with Crippen LogP contribution in [0.5, 0.6) is 0 Å². The molecule has 0 aromatic heterocycles. The Morgan fingerprint density at radius 2 is 1.74 bits per heavy atom. The van der Waals surface area contributed by atoms with Gasteiger partial charge in [0.25, 0.3) is 0 Å². The van der Waals surface area contributed by atoms with Crippen LogP contribution in [0.25, 0.3) is 16.5 Å². The Morgan fingerprint density at radius 1 is 0.971 bits per heavy atom. The van der Waals surface area contributed by atoms with E-state index in [0.717, 1.165) is 23.1 Å². The zero-order chi connectivity index (χ0) is 23.9. The minimum atomic E-state index is -4.41. The number of nitrogens with one attached hydrogen (secondary N) is 2. The average molecular weight is 486 g/mol. The summed E-state index contributed by atoms with van der Waals surface area (Å²) in [5, 5.41) is 7.92. The molecule has 0 aliphatic carbocycles. The number of nitrogens with zero attached hydrogens (tertiary/aromatic N) is 1. The van der Waals surface area contributed by atoms with E-state index in [1.54, 1.807) is 30.5 Å². The fourth-order valence-corrected chi connectivity index (χ4v) is 5.94. The Labute approximate surface area is 195 Å². The number of halogens is 3. The van der Waals surface area contributed by atoms with Gasteiger partial charge in [-0.25, -0.2) is 8.42 Å². The Bertz CT molecular complexity index is 1410. The Kier molecular flexibility index (Phi) is 5.61. The van der Waals surface area contributed by atoms with Crippen molar-refractivity contribution in [2.45, 2.75) is 23.7 Å². The molecule has 0 amide bonds. The minimum absolute atomic E-state index is 0.222. The van der Waals surface area contributed by atoms with Crippen LogP contribution in [0.1, 0.15) is 17.5 Å². The summed E-state index contributed by atoms with van der Waals surface area (Å²) in [5.74, 6) is 0. The van der Waals surface area contributed by atoms with Crippen LogP contribution in [-0.2, 0) is 16.2 Å². The molecule has 34 heavy (non-hydrogen) atoms. The molecular formula is C25H22F3N3O2S. The minimum Gasteiger partial charge on any atom is -0.366 e. The van der Waals surface area contributed by atoms with E-state index < -0.39 is 21.8 Å². The van der Waals surface area contributed by atoms with Crippen molar-refractivity contribution in [3.63, 3.8) is 0 Å². The van der Waals surface area contributed by atoms with E-state index >= 15 is 0 Å². The van der Waals surface area contributed by atoms with E-state index in [1.165, 1.54) is 10.4 Å². The summed E-state index contributed by atoms with van der Waals surface area (Å²) >= 11 is 0. The van der Waals surface area contributed by atoms with Crippen molar-refractivity contribution in [3.8, 4) is 0 Å². The van der Waals surface area contributed by atoms with E-state index in [4.69, 9.17) is 0 Å². The Morgan fingerprint density at radius 3 is 2.50 bits per heavy atom. The molecule has 2 N–H and O–H groups in total. The molecule has 0 spiro atoms. The first-order valence-electron chi connectivity index (χ1n) is 10.8. The number of hydrogen-bond donors (Lipinski definition) is 2. The van der Waals surface area contributed by atoms with Gasteiger partial charge in [0.15, 0.2) is 0 Å². The smallest absolute Gasteiger partial charge is 0.366 e. The highest BCUT2D eigenvalue weighted by Crippen LogP contribution is 2.32. The van der Waals surface area contributed by atoms with E-state index in [9.17, 15) is 21.6 Å². The first kappa shape index (κ1) is 22.5. The second kappa shape index (κ2) is 8.48. The predicted molar refractivity (Wildman–Crippen MR) is 125 cm³/mol. The summed E-state index contributed by atoms with van der Waals surface area (Å²) in [4.78, 5) is 0.285. The van der Waals surface area contributed by atoms with Gasteiger partial charge in [0.1, 0.15) is 6.17 Å². The number of rotatable bonds is 4. The molecule has 2 aliphatic rings. The van der Waals surface area contributed by atoms with Crippen molar-refractivity contribution >= 4 is 26.5 Å². The highest BCUT2D eigenvalue weighted by Gasteiger charge is 2.32. The molecule has 0 radical (unpaired) electrons. The lowest BCUT2D eigenvalue weighted by Gasteiger charge is -2.29. The topological polar surface area (TPSA) is 61.4 Å². The molecular weight excluding hydrogens is 463 g/mol. The largest absolute Gasteiger partial charge is 0.416 e. The van der Waals surface area contributed by atoms with Gasteiger partial charge in [0.05, 0.1) is 16.2 Å². The molecule has 0 fully saturated rings. The molecule has 1 atom stereocenters. The lowest BCUT2D eigenvalue weighted by atomic mass is 10.1.